The average molecular weight is 426 g/mol. The molecular weight excluding hydrogens is 410 g/mol. The van der Waals surface area contributed by atoms with Gasteiger partial charge in [0.15, 0.2) is 5.65 Å². The van der Waals surface area contributed by atoms with Crippen LogP contribution in [0.2, 0.25) is 5.02 Å². The zero-order valence-corrected chi connectivity index (χ0v) is 17.3. The second-order valence-electron chi connectivity index (χ2n) is 7.42. The summed E-state index contributed by atoms with van der Waals surface area (Å²) in [6.45, 7) is 2.47. The Morgan fingerprint density at radius 3 is 2.48 bits per heavy atom. The van der Waals surface area contributed by atoms with Crippen LogP contribution >= 0.6 is 11.6 Å². The first-order chi connectivity index (χ1) is 15.2. The predicted molar refractivity (Wildman–Crippen MR) is 121 cm³/mol. The summed E-state index contributed by atoms with van der Waals surface area (Å²) in [4.78, 5) is 9.83. The molecule has 0 spiro atoms. The van der Waals surface area contributed by atoms with Gasteiger partial charge in [-0.2, -0.15) is 0 Å². The molecule has 150 valence electrons. The number of halogens is 1. The summed E-state index contributed by atoms with van der Waals surface area (Å²) in [6, 6.07) is 21.5. The fourth-order valence-corrected chi connectivity index (χ4v) is 4.24. The highest BCUT2D eigenvalue weighted by Gasteiger charge is 2.19. The monoisotopic (exact) mass is 425 g/mol. The van der Waals surface area contributed by atoms with Crippen molar-refractivity contribution in [2.75, 3.05) is 0 Å². The molecule has 0 N–H and O–H groups in total. The van der Waals surface area contributed by atoms with E-state index in [2.05, 4.69) is 33.8 Å². The second kappa shape index (κ2) is 6.89. The van der Waals surface area contributed by atoms with Crippen molar-refractivity contribution < 1.29 is 4.42 Å². The van der Waals surface area contributed by atoms with Gasteiger partial charge < -0.3 is 8.98 Å². The molecule has 31 heavy (non-hydrogen) atoms. The van der Waals surface area contributed by atoms with Crippen LogP contribution < -0.4 is 0 Å². The molecule has 0 unspecified atom stereocenters. The van der Waals surface area contributed by atoms with Crippen LogP contribution in [0, 0.1) is 6.92 Å². The number of aryl methyl sites for hydroxylation is 1. The van der Waals surface area contributed by atoms with Crippen molar-refractivity contribution in [3.63, 3.8) is 0 Å². The predicted octanol–water partition coefficient (Wildman–Crippen LogP) is 5.80. The van der Waals surface area contributed by atoms with Gasteiger partial charge in [0.25, 0.3) is 0 Å². The molecule has 0 saturated heterocycles. The molecule has 6 rings (SSSR count). The summed E-state index contributed by atoms with van der Waals surface area (Å²) >= 11 is 6.29. The molecule has 0 aliphatic heterocycles. The fourth-order valence-electron chi connectivity index (χ4n) is 4.02. The van der Waals surface area contributed by atoms with Crippen molar-refractivity contribution >= 4 is 44.7 Å². The van der Waals surface area contributed by atoms with Crippen molar-refractivity contribution in [2.45, 2.75) is 13.5 Å². The van der Waals surface area contributed by atoms with Gasteiger partial charge in [0.2, 0.25) is 11.8 Å². The lowest BCUT2D eigenvalue weighted by atomic mass is 10.1. The third-order valence-electron chi connectivity index (χ3n) is 5.44. The molecule has 3 heterocycles. The molecule has 7 heteroatoms. The molecule has 3 aromatic carbocycles. The zero-order valence-electron chi connectivity index (χ0n) is 16.6. The van der Waals surface area contributed by atoms with Crippen LogP contribution in [-0.2, 0) is 6.54 Å². The van der Waals surface area contributed by atoms with Gasteiger partial charge in [0, 0.05) is 5.39 Å². The Morgan fingerprint density at radius 1 is 0.871 bits per heavy atom. The van der Waals surface area contributed by atoms with Crippen molar-refractivity contribution in [2.24, 2.45) is 0 Å². The minimum atomic E-state index is 0.384. The molecule has 3 aromatic heterocycles. The van der Waals surface area contributed by atoms with Crippen molar-refractivity contribution in [3.05, 3.63) is 83.2 Å². The fraction of sp³-hybridized carbons (Fsp3) is 0.0833. The van der Waals surface area contributed by atoms with Gasteiger partial charge in [0.1, 0.15) is 12.1 Å². The maximum absolute atomic E-state index is 6.29. The van der Waals surface area contributed by atoms with Gasteiger partial charge in [-0.15, -0.1) is 10.2 Å². The largest absolute Gasteiger partial charge is 0.419 e. The normalized spacial score (nSPS) is 11.7. The quantitative estimate of drug-likeness (QED) is 0.358. The molecule has 6 nitrogen and oxygen atoms in total. The molecular formula is C24H16ClN5O. The Bertz CT molecular complexity index is 1600. The van der Waals surface area contributed by atoms with E-state index in [1.54, 1.807) is 6.07 Å². The van der Waals surface area contributed by atoms with Crippen molar-refractivity contribution in [1.82, 2.24) is 24.7 Å². The smallest absolute Gasteiger partial charge is 0.249 e. The Labute approximate surface area is 182 Å². The first kappa shape index (κ1) is 18.0. The van der Waals surface area contributed by atoms with Crippen LogP contribution in [0.3, 0.4) is 0 Å². The summed E-state index contributed by atoms with van der Waals surface area (Å²) in [5, 5.41) is 10.1. The Hall–Kier alpha value is -3.77. The van der Waals surface area contributed by atoms with E-state index in [0.717, 1.165) is 38.7 Å². The number of fused-ring (bicyclic) bond motifs is 4. The lowest BCUT2D eigenvalue weighted by Gasteiger charge is -2.06. The molecule has 6 aromatic rings. The number of rotatable bonds is 3. The highest BCUT2D eigenvalue weighted by atomic mass is 35.5. The van der Waals surface area contributed by atoms with Gasteiger partial charge in [-0.25, -0.2) is 9.97 Å². The summed E-state index contributed by atoms with van der Waals surface area (Å²) < 4.78 is 8.07. The number of para-hydroxylation sites is 3. The van der Waals surface area contributed by atoms with Gasteiger partial charge >= 0.3 is 0 Å². The van der Waals surface area contributed by atoms with Gasteiger partial charge in [-0.05, 0) is 36.8 Å². The molecule has 0 bridgehead atoms. The van der Waals surface area contributed by atoms with Crippen LogP contribution in [0.1, 0.15) is 11.5 Å². The first-order valence-electron chi connectivity index (χ1n) is 9.90. The molecule has 0 saturated carbocycles. The van der Waals surface area contributed by atoms with Crippen LogP contribution in [0.4, 0.5) is 0 Å². The molecule has 0 amide bonds. The van der Waals surface area contributed by atoms with Crippen LogP contribution in [0.25, 0.3) is 44.6 Å². The topological polar surface area (TPSA) is 69.6 Å². The van der Waals surface area contributed by atoms with E-state index < -0.39 is 0 Å². The van der Waals surface area contributed by atoms with E-state index in [1.807, 2.05) is 48.5 Å². The Balaban J connectivity index is 1.55. The number of hydrogen-bond acceptors (Lipinski definition) is 5. The van der Waals surface area contributed by atoms with E-state index in [4.69, 9.17) is 26.0 Å². The van der Waals surface area contributed by atoms with E-state index in [-0.39, 0.29) is 0 Å². The highest BCUT2D eigenvalue weighted by molar-refractivity contribution is 6.33. The maximum atomic E-state index is 6.29. The molecule has 0 radical (unpaired) electrons. The van der Waals surface area contributed by atoms with Gasteiger partial charge in [0.05, 0.1) is 27.1 Å². The van der Waals surface area contributed by atoms with E-state index >= 15 is 0 Å². The molecule has 0 aliphatic carbocycles. The third-order valence-corrected chi connectivity index (χ3v) is 5.76. The minimum absolute atomic E-state index is 0.384. The first-order valence-corrected chi connectivity index (χ1v) is 10.3. The second-order valence-corrected chi connectivity index (χ2v) is 7.83. The van der Waals surface area contributed by atoms with Crippen LogP contribution in [-0.4, -0.2) is 24.7 Å². The molecule has 0 aliphatic rings. The number of nitrogens with zero attached hydrogens (tertiary/aromatic N) is 5. The molecule has 0 fully saturated rings. The van der Waals surface area contributed by atoms with Crippen molar-refractivity contribution in [3.8, 4) is 11.5 Å². The third kappa shape index (κ3) is 2.87. The lowest BCUT2D eigenvalue weighted by Crippen LogP contribution is -2.02. The highest BCUT2D eigenvalue weighted by Crippen LogP contribution is 2.32. The van der Waals surface area contributed by atoms with Gasteiger partial charge in [-0.1, -0.05) is 54.1 Å². The molecule has 0 atom stereocenters. The van der Waals surface area contributed by atoms with E-state index in [9.17, 15) is 0 Å². The van der Waals surface area contributed by atoms with Crippen molar-refractivity contribution in [1.29, 1.82) is 0 Å². The lowest BCUT2D eigenvalue weighted by molar-refractivity contribution is 0.494. The Kier molecular flexibility index (Phi) is 4.01. The standard InChI is InChI=1S/C24H16ClN5O/c1-14-7-6-9-16-21-23(27-19-12-5-4-11-18(19)26-21)30(22(14)16)13-20-28-29-24(31-20)15-8-2-3-10-17(15)25/h2-12H,13H2,1H3. The summed E-state index contributed by atoms with van der Waals surface area (Å²) in [7, 11) is 0. The van der Waals surface area contributed by atoms with Gasteiger partial charge in [-0.3, -0.25) is 0 Å². The van der Waals surface area contributed by atoms with Crippen LogP contribution in [0.15, 0.2) is 71.1 Å². The number of hydrogen-bond donors (Lipinski definition) is 0. The minimum Gasteiger partial charge on any atom is -0.419 e. The average Bonchev–Trinajstić information content (AvgIpc) is 3.37. The number of benzene rings is 3. The summed E-state index contributed by atoms with van der Waals surface area (Å²) in [5.74, 6) is 0.876. The van der Waals surface area contributed by atoms with Crippen LogP contribution in [0.5, 0.6) is 0 Å². The summed E-state index contributed by atoms with van der Waals surface area (Å²) in [5.41, 5.74) is 6.28. The number of aromatic nitrogens is 5. The SMILES string of the molecule is Cc1cccc2c3nc4ccccc4nc3n(Cc3nnc(-c4ccccc4Cl)o3)c12. The Morgan fingerprint density at radius 2 is 1.65 bits per heavy atom. The maximum Gasteiger partial charge on any atom is 0.249 e. The zero-order chi connectivity index (χ0) is 20.9. The summed E-state index contributed by atoms with van der Waals surface area (Å²) in [6.07, 6.45) is 0. The van der Waals surface area contributed by atoms with E-state index in [0.29, 0.717) is 28.9 Å². The van der Waals surface area contributed by atoms with E-state index in [1.165, 1.54) is 0 Å².